The molecule has 0 bridgehead atoms. The van der Waals surface area contributed by atoms with Crippen molar-refractivity contribution in [1.82, 2.24) is 25.4 Å². The second-order valence-electron chi connectivity index (χ2n) is 6.38. The van der Waals surface area contributed by atoms with E-state index in [-0.39, 0.29) is 0 Å². The van der Waals surface area contributed by atoms with E-state index in [1.165, 1.54) is 0 Å². The molecule has 8 heteroatoms. The van der Waals surface area contributed by atoms with Gasteiger partial charge < -0.3 is 24.7 Å². The molecule has 0 unspecified atom stereocenters. The first-order valence-corrected chi connectivity index (χ1v) is 9.95. The summed E-state index contributed by atoms with van der Waals surface area (Å²) in [5.74, 6) is 3.95. The topological polar surface area (TPSA) is 85.6 Å². The van der Waals surface area contributed by atoms with E-state index in [1.54, 1.807) is 6.08 Å². The van der Waals surface area contributed by atoms with Gasteiger partial charge in [-0.15, -0.1) is 16.8 Å². The second-order valence-corrected chi connectivity index (χ2v) is 6.38. The molecule has 0 aliphatic heterocycles. The minimum absolute atomic E-state index is 0.446. The molecule has 158 valence electrons. The molecule has 0 aliphatic rings. The number of nitrogens with zero attached hydrogens (tertiary/aromatic N) is 4. The summed E-state index contributed by atoms with van der Waals surface area (Å²) in [5, 5.41) is 14.8. The maximum absolute atomic E-state index is 5.70. The zero-order valence-electron chi connectivity index (χ0n) is 17.9. The largest absolute Gasteiger partial charge is 0.490 e. The van der Waals surface area contributed by atoms with Crippen molar-refractivity contribution in [3.8, 4) is 11.5 Å². The summed E-state index contributed by atoms with van der Waals surface area (Å²) >= 11 is 0. The first kappa shape index (κ1) is 22.3. The zero-order chi connectivity index (χ0) is 21.1. The van der Waals surface area contributed by atoms with Crippen molar-refractivity contribution >= 4 is 5.96 Å². The van der Waals surface area contributed by atoms with Crippen LogP contribution in [0.3, 0.4) is 0 Å². The number of rotatable bonds is 11. The Labute approximate surface area is 173 Å². The van der Waals surface area contributed by atoms with Gasteiger partial charge in [0.05, 0.1) is 13.2 Å². The molecule has 2 N–H and O–H groups in total. The van der Waals surface area contributed by atoms with Gasteiger partial charge in [0.15, 0.2) is 23.3 Å². The van der Waals surface area contributed by atoms with Crippen LogP contribution in [0.4, 0.5) is 0 Å². The highest BCUT2D eigenvalue weighted by molar-refractivity contribution is 5.79. The zero-order valence-corrected chi connectivity index (χ0v) is 17.9. The van der Waals surface area contributed by atoms with Crippen LogP contribution in [0.15, 0.2) is 35.8 Å². The lowest BCUT2D eigenvalue weighted by atomic mass is 10.1. The predicted octanol–water partition coefficient (Wildman–Crippen LogP) is 2.38. The van der Waals surface area contributed by atoms with Crippen LogP contribution >= 0.6 is 0 Å². The first-order chi connectivity index (χ1) is 14.1. The Morgan fingerprint density at radius 2 is 1.93 bits per heavy atom. The van der Waals surface area contributed by atoms with Crippen LogP contribution in [0, 0.1) is 6.92 Å². The summed E-state index contributed by atoms with van der Waals surface area (Å²) in [4.78, 5) is 4.60. The monoisotopic (exact) mass is 400 g/mol. The highest BCUT2D eigenvalue weighted by Gasteiger charge is 2.07. The van der Waals surface area contributed by atoms with Crippen molar-refractivity contribution in [3.05, 3.63) is 48.1 Å². The third-order valence-corrected chi connectivity index (χ3v) is 4.29. The van der Waals surface area contributed by atoms with Crippen LogP contribution < -0.4 is 20.1 Å². The Balaban J connectivity index is 1.98. The second kappa shape index (κ2) is 11.7. The number of guanidine groups is 1. The van der Waals surface area contributed by atoms with Crippen molar-refractivity contribution in [3.63, 3.8) is 0 Å². The van der Waals surface area contributed by atoms with Crippen molar-refractivity contribution in [2.24, 2.45) is 12.0 Å². The number of ether oxygens (including phenoxy) is 2. The molecule has 8 nitrogen and oxygen atoms in total. The fourth-order valence-corrected chi connectivity index (χ4v) is 2.66. The molecule has 0 saturated carbocycles. The van der Waals surface area contributed by atoms with E-state index in [1.807, 2.05) is 44.5 Å². The van der Waals surface area contributed by atoms with Gasteiger partial charge in [0.25, 0.3) is 0 Å². The minimum Gasteiger partial charge on any atom is -0.490 e. The third kappa shape index (κ3) is 6.81. The SMILES string of the molecule is C=CCNC(=NCc1nnc(C)n1C)NCCc1ccc(OCC)c(OCC)c1. The van der Waals surface area contributed by atoms with Crippen molar-refractivity contribution in [2.75, 3.05) is 26.3 Å². The van der Waals surface area contributed by atoms with Gasteiger partial charge in [0.1, 0.15) is 12.4 Å². The van der Waals surface area contributed by atoms with Gasteiger partial charge in [-0.05, 0) is 44.9 Å². The summed E-state index contributed by atoms with van der Waals surface area (Å²) in [6, 6.07) is 6.06. The number of nitrogens with one attached hydrogen (secondary N) is 2. The summed E-state index contributed by atoms with van der Waals surface area (Å²) < 4.78 is 13.3. The molecule has 1 aromatic carbocycles. The summed E-state index contributed by atoms with van der Waals surface area (Å²) in [5.41, 5.74) is 1.16. The molecule has 1 aromatic heterocycles. The van der Waals surface area contributed by atoms with Crippen LogP contribution in [0.25, 0.3) is 0 Å². The quantitative estimate of drug-likeness (QED) is 0.342. The van der Waals surface area contributed by atoms with E-state index in [0.29, 0.717) is 32.3 Å². The third-order valence-electron chi connectivity index (χ3n) is 4.29. The smallest absolute Gasteiger partial charge is 0.191 e. The van der Waals surface area contributed by atoms with Gasteiger partial charge in [-0.25, -0.2) is 4.99 Å². The average molecular weight is 401 g/mol. The molecule has 0 aliphatic carbocycles. The number of hydrogen-bond donors (Lipinski definition) is 2. The molecule has 2 aromatic rings. The van der Waals surface area contributed by atoms with Crippen LogP contribution in [0.5, 0.6) is 11.5 Å². The summed E-state index contributed by atoms with van der Waals surface area (Å²) in [6.07, 6.45) is 2.62. The fraction of sp³-hybridized carbons (Fsp3) is 0.476. The number of aromatic nitrogens is 3. The standard InChI is InChI=1S/C21H32N6O2/c1-6-12-22-21(24-15-20-26-25-16(4)27(20)5)23-13-11-17-9-10-18(28-7-2)19(14-17)29-8-3/h6,9-10,14H,1,7-8,11-13,15H2,2-5H3,(H2,22,23,24). The molecule has 0 radical (unpaired) electrons. The highest BCUT2D eigenvalue weighted by Crippen LogP contribution is 2.28. The van der Waals surface area contributed by atoms with Crippen LogP contribution in [0.2, 0.25) is 0 Å². The Morgan fingerprint density at radius 1 is 1.17 bits per heavy atom. The number of hydrogen-bond acceptors (Lipinski definition) is 5. The molecular formula is C21H32N6O2. The van der Waals surface area contributed by atoms with E-state index in [4.69, 9.17) is 9.47 Å². The van der Waals surface area contributed by atoms with Gasteiger partial charge >= 0.3 is 0 Å². The molecule has 0 saturated heterocycles. The highest BCUT2D eigenvalue weighted by atomic mass is 16.5. The Morgan fingerprint density at radius 3 is 2.59 bits per heavy atom. The van der Waals surface area contributed by atoms with E-state index in [2.05, 4.69) is 38.5 Å². The lowest BCUT2D eigenvalue weighted by Crippen LogP contribution is -2.38. The average Bonchev–Trinajstić information content (AvgIpc) is 3.04. The van der Waals surface area contributed by atoms with Crippen molar-refractivity contribution in [2.45, 2.75) is 33.7 Å². The van der Waals surface area contributed by atoms with E-state index in [9.17, 15) is 0 Å². The van der Waals surface area contributed by atoms with Crippen LogP contribution in [-0.2, 0) is 20.0 Å². The molecule has 29 heavy (non-hydrogen) atoms. The molecule has 0 spiro atoms. The lowest BCUT2D eigenvalue weighted by Gasteiger charge is -2.14. The maximum atomic E-state index is 5.70. The van der Waals surface area contributed by atoms with Gasteiger partial charge in [-0.1, -0.05) is 12.1 Å². The normalized spacial score (nSPS) is 11.2. The molecule has 0 amide bonds. The number of benzene rings is 1. The van der Waals surface area contributed by atoms with E-state index >= 15 is 0 Å². The number of aliphatic imine (C=N–C) groups is 1. The maximum Gasteiger partial charge on any atom is 0.191 e. The fourth-order valence-electron chi connectivity index (χ4n) is 2.66. The molecule has 1 heterocycles. The Hall–Kier alpha value is -3.03. The molecule has 0 atom stereocenters. The van der Waals surface area contributed by atoms with Gasteiger partial charge in [-0.2, -0.15) is 0 Å². The number of aryl methyl sites for hydroxylation is 1. The van der Waals surface area contributed by atoms with E-state index < -0.39 is 0 Å². The van der Waals surface area contributed by atoms with Crippen molar-refractivity contribution in [1.29, 1.82) is 0 Å². The van der Waals surface area contributed by atoms with Crippen molar-refractivity contribution < 1.29 is 9.47 Å². The summed E-state index contributed by atoms with van der Waals surface area (Å²) in [6.45, 7) is 12.6. The molecular weight excluding hydrogens is 368 g/mol. The first-order valence-electron chi connectivity index (χ1n) is 9.95. The van der Waals surface area contributed by atoms with E-state index in [0.717, 1.165) is 41.7 Å². The van der Waals surface area contributed by atoms with Crippen LogP contribution in [-0.4, -0.2) is 47.0 Å². The lowest BCUT2D eigenvalue weighted by molar-refractivity contribution is 0.287. The Kier molecular flexibility index (Phi) is 9.01. The Bertz CT molecular complexity index is 815. The summed E-state index contributed by atoms with van der Waals surface area (Å²) in [7, 11) is 1.94. The predicted molar refractivity (Wildman–Crippen MR) is 116 cm³/mol. The molecule has 2 rings (SSSR count). The molecule has 0 fully saturated rings. The van der Waals surface area contributed by atoms with Gasteiger partial charge in [0, 0.05) is 20.1 Å². The van der Waals surface area contributed by atoms with Gasteiger partial charge in [0.2, 0.25) is 0 Å². The van der Waals surface area contributed by atoms with Gasteiger partial charge in [-0.3, -0.25) is 0 Å². The van der Waals surface area contributed by atoms with Crippen LogP contribution in [0.1, 0.15) is 31.1 Å². The minimum atomic E-state index is 0.446.